The number of nitrogens with two attached hydrogens (primary N) is 1. The number of anilines is 3. The molecule has 0 atom stereocenters. The normalized spacial score (nSPS) is 10.2. The van der Waals surface area contributed by atoms with E-state index in [2.05, 4.69) is 21.6 Å². The average molecular weight is 308 g/mol. The number of nitrogens with one attached hydrogen (secondary N) is 1. The molecule has 1 aromatic carbocycles. The van der Waals surface area contributed by atoms with Crippen LogP contribution in [0.25, 0.3) is 0 Å². The summed E-state index contributed by atoms with van der Waals surface area (Å²) < 4.78 is 0. The maximum absolute atomic E-state index is 9.23. The predicted molar refractivity (Wildman–Crippen MR) is 80.4 cm³/mol. The molecule has 0 aliphatic carbocycles. The van der Waals surface area contributed by atoms with Crippen molar-refractivity contribution in [1.29, 1.82) is 5.26 Å². The van der Waals surface area contributed by atoms with E-state index in [0.717, 1.165) is 5.56 Å². The van der Waals surface area contributed by atoms with Crippen LogP contribution in [0.2, 0.25) is 10.0 Å². The third-order valence-corrected chi connectivity index (χ3v) is 3.53. The number of halogens is 2. The van der Waals surface area contributed by atoms with Crippen molar-refractivity contribution in [1.82, 2.24) is 10.2 Å². The highest BCUT2D eigenvalue weighted by Gasteiger charge is 2.12. The highest BCUT2D eigenvalue weighted by Crippen LogP contribution is 2.32. The van der Waals surface area contributed by atoms with Gasteiger partial charge >= 0.3 is 0 Å². The second-order valence-electron chi connectivity index (χ2n) is 4.22. The standard InChI is InChI=1S/C13H11Cl2N5/c1-6-7(2)19-20-13(9(6)5-16)18-8-3-10(14)12(17)11(15)4-8/h3-4H,17H2,1-2H3,(H,18,20). The van der Waals surface area contributed by atoms with E-state index < -0.39 is 0 Å². The third kappa shape index (κ3) is 2.62. The minimum atomic E-state index is 0.311. The molecular formula is C13H11Cl2N5. The Morgan fingerprint density at radius 2 is 1.80 bits per heavy atom. The fraction of sp³-hybridized carbons (Fsp3) is 0.154. The Morgan fingerprint density at radius 3 is 2.35 bits per heavy atom. The molecule has 2 rings (SSSR count). The van der Waals surface area contributed by atoms with Crippen LogP contribution in [-0.4, -0.2) is 10.2 Å². The number of hydrogen-bond donors (Lipinski definition) is 2. The Labute approximate surface area is 126 Å². The van der Waals surface area contributed by atoms with E-state index in [9.17, 15) is 5.26 Å². The van der Waals surface area contributed by atoms with Gasteiger partial charge in [-0.15, -0.1) is 5.10 Å². The van der Waals surface area contributed by atoms with Crippen molar-refractivity contribution in [3.8, 4) is 6.07 Å². The van der Waals surface area contributed by atoms with Crippen LogP contribution in [-0.2, 0) is 0 Å². The van der Waals surface area contributed by atoms with Gasteiger partial charge in [0.25, 0.3) is 0 Å². The number of nitrogen functional groups attached to an aromatic ring is 1. The Bertz CT molecular complexity index is 698. The second kappa shape index (κ2) is 5.53. The van der Waals surface area contributed by atoms with Crippen molar-refractivity contribution in [2.75, 3.05) is 11.1 Å². The van der Waals surface area contributed by atoms with Crippen molar-refractivity contribution in [3.63, 3.8) is 0 Å². The molecule has 0 unspecified atom stereocenters. The first-order valence-corrected chi connectivity index (χ1v) is 6.45. The highest BCUT2D eigenvalue weighted by atomic mass is 35.5. The van der Waals surface area contributed by atoms with Crippen LogP contribution in [0.4, 0.5) is 17.2 Å². The molecule has 0 saturated heterocycles. The summed E-state index contributed by atoms with van der Waals surface area (Å²) in [5.41, 5.74) is 8.49. The molecule has 0 aliphatic heterocycles. The molecule has 1 aromatic heterocycles. The SMILES string of the molecule is Cc1nnc(Nc2cc(Cl)c(N)c(Cl)c2)c(C#N)c1C. The van der Waals surface area contributed by atoms with E-state index in [1.165, 1.54) is 0 Å². The smallest absolute Gasteiger partial charge is 0.171 e. The number of nitrogens with zero attached hydrogens (tertiary/aromatic N) is 3. The molecular weight excluding hydrogens is 297 g/mol. The molecule has 3 N–H and O–H groups in total. The number of aryl methyl sites for hydroxylation is 1. The molecule has 7 heteroatoms. The summed E-state index contributed by atoms with van der Waals surface area (Å²) >= 11 is 11.9. The summed E-state index contributed by atoms with van der Waals surface area (Å²) in [5.74, 6) is 0.354. The van der Waals surface area contributed by atoms with Crippen LogP contribution in [0, 0.1) is 25.2 Å². The lowest BCUT2D eigenvalue weighted by Gasteiger charge is -2.11. The summed E-state index contributed by atoms with van der Waals surface area (Å²) in [4.78, 5) is 0. The second-order valence-corrected chi connectivity index (χ2v) is 5.04. The zero-order valence-electron chi connectivity index (χ0n) is 10.8. The van der Waals surface area contributed by atoms with Gasteiger partial charge < -0.3 is 11.1 Å². The van der Waals surface area contributed by atoms with E-state index in [-0.39, 0.29) is 0 Å². The van der Waals surface area contributed by atoms with E-state index in [1.807, 2.05) is 6.92 Å². The zero-order chi connectivity index (χ0) is 14.9. The summed E-state index contributed by atoms with van der Waals surface area (Å²) in [6, 6.07) is 5.33. The van der Waals surface area contributed by atoms with Crippen LogP contribution in [0.5, 0.6) is 0 Å². The van der Waals surface area contributed by atoms with E-state index in [1.54, 1.807) is 19.1 Å². The third-order valence-electron chi connectivity index (χ3n) is 2.91. The number of aromatic nitrogens is 2. The van der Waals surface area contributed by atoms with Gasteiger partial charge in [-0.05, 0) is 31.5 Å². The number of rotatable bonds is 2. The van der Waals surface area contributed by atoms with Gasteiger partial charge in [-0.1, -0.05) is 23.2 Å². The van der Waals surface area contributed by atoms with E-state index in [4.69, 9.17) is 28.9 Å². The molecule has 20 heavy (non-hydrogen) atoms. The number of nitriles is 1. The van der Waals surface area contributed by atoms with Gasteiger partial charge in [0.15, 0.2) is 5.82 Å². The lowest BCUT2D eigenvalue weighted by molar-refractivity contribution is 0.960. The average Bonchev–Trinajstić information content (AvgIpc) is 2.40. The molecule has 0 saturated carbocycles. The number of benzene rings is 1. The van der Waals surface area contributed by atoms with Crippen molar-refractivity contribution >= 4 is 40.4 Å². The highest BCUT2D eigenvalue weighted by molar-refractivity contribution is 6.39. The van der Waals surface area contributed by atoms with Crippen molar-refractivity contribution < 1.29 is 0 Å². The number of hydrogen-bond acceptors (Lipinski definition) is 5. The van der Waals surface area contributed by atoms with Crippen LogP contribution in [0.15, 0.2) is 12.1 Å². The minimum absolute atomic E-state index is 0.311. The molecule has 0 radical (unpaired) electrons. The first-order chi connectivity index (χ1) is 9.43. The fourth-order valence-electron chi connectivity index (χ4n) is 1.63. The first kappa shape index (κ1) is 14.4. The quantitative estimate of drug-likeness (QED) is 0.828. The summed E-state index contributed by atoms with van der Waals surface area (Å²) in [6.45, 7) is 3.61. The topological polar surface area (TPSA) is 87.6 Å². The van der Waals surface area contributed by atoms with Gasteiger partial charge in [-0.25, -0.2) is 0 Å². The van der Waals surface area contributed by atoms with Gasteiger partial charge in [0, 0.05) is 5.69 Å². The largest absolute Gasteiger partial charge is 0.396 e. The van der Waals surface area contributed by atoms with Gasteiger partial charge in [0.2, 0.25) is 0 Å². The maximum Gasteiger partial charge on any atom is 0.171 e. The molecule has 0 bridgehead atoms. The first-order valence-electron chi connectivity index (χ1n) is 5.69. The van der Waals surface area contributed by atoms with Crippen LogP contribution in [0.1, 0.15) is 16.8 Å². The van der Waals surface area contributed by atoms with Crippen molar-refractivity contribution in [3.05, 3.63) is 39.0 Å². The van der Waals surface area contributed by atoms with Crippen molar-refractivity contribution in [2.45, 2.75) is 13.8 Å². The van der Waals surface area contributed by atoms with Crippen LogP contribution in [0.3, 0.4) is 0 Å². The minimum Gasteiger partial charge on any atom is -0.396 e. The van der Waals surface area contributed by atoms with E-state index in [0.29, 0.717) is 38.5 Å². The maximum atomic E-state index is 9.23. The summed E-state index contributed by atoms with van der Waals surface area (Å²) in [6.07, 6.45) is 0. The molecule has 0 amide bonds. The van der Waals surface area contributed by atoms with E-state index >= 15 is 0 Å². The Morgan fingerprint density at radius 1 is 1.20 bits per heavy atom. The monoisotopic (exact) mass is 307 g/mol. The predicted octanol–water partition coefficient (Wildman–Crippen LogP) is 3.60. The Hall–Kier alpha value is -2.03. The summed E-state index contributed by atoms with van der Waals surface area (Å²) in [5, 5.41) is 20.8. The molecule has 102 valence electrons. The molecule has 1 heterocycles. The lowest BCUT2D eigenvalue weighted by Crippen LogP contribution is -2.04. The van der Waals surface area contributed by atoms with Gasteiger partial charge in [0.1, 0.15) is 11.6 Å². The van der Waals surface area contributed by atoms with Gasteiger partial charge in [0.05, 0.1) is 21.4 Å². The molecule has 0 aliphatic rings. The van der Waals surface area contributed by atoms with Crippen molar-refractivity contribution in [2.24, 2.45) is 0 Å². The zero-order valence-corrected chi connectivity index (χ0v) is 12.3. The summed E-state index contributed by atoms with van der Waals surface area (Å²) in [7, 11) is 0. The molecule has 5 nitrogen and oxygen atoms in total. The fourth-order valence-corrected chi connectivity index (χ4v) is 2.11. The van der Waals surface area contributed by atoms with Crippen LogP contribution < -0.4 is 11.1 Å². The van der Waals surface area contributed by atoms with Gasteiger partial charge in [-0.2, -0.15) is 10.4 Å². The molecule has 0 fully saturated rings. The van der Waals surface area contributed by atoms with Gasteiger partial charge in [-0.3, -0.25) is 0 Å². The molecule has 0 spiro atoms. The Balaban J connectivity index is 2.46. The molecule has 2 aromatic rings. The lowest BCUT2D eigenvalue weighted by atomic mass is 10.1. The Kier molecular flexibility index (Phi) is 3.98. The van der Waals surface area contributed by atoms with Crippen LogP contribution >= 0.6 is 23.2 Å².